The summed E-state index contributed by atoms with van der Waals surface area (Å²) in [4.78, 5) is 9.68. The third-order valence-corrected chi connectivity index (χ3v) is 4.34. The summed E-state index contributed by atoms with van der Waals surface area (Å²) in [5.41, 5.74) is 8.57. The van der Waals surface area contributed by atoms with E-state index in [1.807, 2.05) is 6.20 Å². The minimum Gasteiger partial charge on any atom is -0.354 e. The SMILES string of the molecule is CCCN1CCN(c2ncc(CC(N)CC)cc2C)CC1. The van der Waals surface area contributed by atoms with Crippen molar-refractivity contribution in [3.8, 4) is 0 Å². The minimum absolute atomic E-state index is 0.245. The molecular weight excluding hydrogens is 260 g/mol. The van der Waals surface area contributed by atoms with Crippen molar-refractivity contribution in [3.63, 3.8) is 0 Å². The number of aromatic nitrogens is 1. The first-order valence-corrected chi connectivity index (χ1v) is 8.32. The summed E-state index contributed by atoms with van der Waals surface area (Å²) in [6.45, 7) is 12.2. The van der Waals surface area contributed by atoms with Crippen molar-refractivity contribution >= 4 is 5.82 Å². The van der Waals surface area contributed by atoms with Gasteiger partial charge in [-0.15, -0.1) is 0 Å². The summed E-state index contributed by atoms with van der Waals surface area (Å²) in [5, 5.41) is 0. The molecule has 1 aromatic heterocycles. The van der Waals surface area contributed by atoms with E-state index in [0.29, 0.717) is 0 Å². The van der Waals surface area contributed by atoms with Gasteiger partial charge in [-0.2, -0.15) is 0 Å². The van der Waals surface area contributed by atoms with Crippen LogP contribution < -0.4 is 10.6 Å². The largest absolute Gasteiger partial charge is 0.354 e. The highest BCUT2D eigenvalue weighted by Crippen LogP contribution is 2.20. The van der Waals surface area contributed by atoms with Gasteiger partial charge in [0, 0.05) is 38.4 Å². The molecule has 1 unspecified atom stereocenters. The maximum Gasteiger partial charge on any atom is 0.131 e. The van der Waals surface area contributed by atoms with Gasteiger partial charge < -0.3 is 10.6 Å². The number of hydrogen-bond donors (Lipinski definition) is 1. The van der Waals surface area contributed by atoms with Crippen LogP contribution in [0.5, 0.6) is 0 Å². The molecule has 2 N–H and O–H groups in total. The lowest BCUT2D eigenvalue weighted by molar-refractivity contribution is 0.258. The van der Waals surface area contributed by atoms with Crippen LogP contribution in [0.3, 0.4) is 0 Å². The first-order chi connectivity index (χ1) is 10.1. The van der Waals surface area contributed by atoms with Crippen LogP contribution in [0.1, 0.15) is 37.8 Å². The molecule has 2 rings (SSSR count). The Bertz CT molecular complexity index is 438. The molecule has 0 amide bonds. The Balaban J connectivity index is 1.98. The highest BCUT2D eigenvalue weighted by molar-refractivity contribution is 5.48. The maximum absolute atomic E-state index is 6.04. The number of pyridine rings is 1. The van der Waals surface area contributed by atoms with E-state index in [1.54, 1.807) is 0 Å². The third kappa shape index (κ3) is 4.42. The fourth-order valence-corrected chi connectivity index (χ4v) is 3.02. The average molecular weight is 290 g/mol. The Kier molecular flexibility index (Phi) is 6.00. The quantitative estimate of drug-likeness (QED) is 0.872. The van der Waals surface area contributed by atoms with E-state index in [2.05, 4.69) is 36.6 Å². The van der Waals surface area contributed by atoms with Gasteiger partial charge in [0.15, 0.2) is 0 Å². The Morgan fingerprint density at radius 1 is 1.24 bits per heavy atom. The molecule has 0 aliphatic carbocycles. The molecule has 1 atom stereocenters. The first kappa shape index (κ1) is 16.2. The van der Waals surface area contributed by atoms with Crippen molar-refractivity contribution in [2.75, 3.05) is 37.6 Å². The number of hydrogen-bond acceptors (Lipinski definition) is 4. The van der Waals surface area contributed by atoms with Crippen LogP contribution in [-0.4, -0.2) is 48.6 Å². The monoisotopic (exact) mass is 290 g/mol. The average Bonchev–Trinajstić information content (AvgIpc) is 2.49. The lowest BCUT2D eigenvalue weighted by atomic mass is 10.0. The zero-order valence-electron chi connectivity index (χ0n) is 13.8. The van der Waals surface area contributed by atoms with Crippen LogP contribution >= 0.6 is 0 Å². The van der Waals surface area contributed by atoms with Crippen molar-refractivity contribution in [3.05, 3.63) is 23.4 Å². The summed E-state index contributed by atoms with van der Waals surface area (Å²) in [7, 11) is 0. The van der Waals surface area contributed by atoms with Gasteiger partial charge in [0.1, 0.15) is 5.82 Å². The van der Waals surface area contributed by atoms with E-state index in [1.165, 1.54) is 24.1 Å². The van der Waals surface area contributed by atoms with E-state index in [-0.39, 0.29) is 6.04 Å². The summed E-state index contributed by atoms with van der Waals surface area (Å²) in [5.74, 6) is 1.15. The number of aryl methyl sites for hydroxylation is 1. The second kappa shape index (κ2) is 7.76. The van der Waals surface area contributed by atoms with Gasteiger partial charge in [-0.3, -0.25) is 4.90 Å². The number of nitrogens with two attached hydrogens (primary N) is 1. The van der Waals surface area contributed by atoms with E-state index in [9.17, 15) is 0 Å². The highest BCUT2D eigenvalue weighted by atomic mass is 15.3. The number of rotatable bonds is 6. The molecule has 2 heterocycles. The van der Waals surface area contributed by atoms with Crippen LogP contribution in [0.15, 0.2) is 12.3 Å². The number of anilines is 1. The van der Waals surface area contributed by atoms with Gasteiger partial charge in [0.05, 0.1) is 0 Å². The third-order valence-electron chi connectivity index (χ3n) is 4.34. The second-order valence-electron chi connectivity index (χ2n) is 6.19. The lowest BCUT2D eigenvalue weighted by Gasteiger charge is -2.36. The number of nitrogens with zero attached hydrogens (tertiary/aromatic N) is 3. The first-order valence-electron chi connectivity index (χ1n) is 8.32. The predicted octanol–water partition coefficient (Wildman–Crippen LogP) is 2.20. The molecule has 1 saturated heterocycles. The fraction of sp³-hybridized carbons (Fsp3) is 0.706. The minimum atomic E-state index is 0.245. The summed E-state index contributed by atoms with van der Waals surface area (Å²) >= 11 is 0. The Morgan fingerprint density at radius 3 is 2.52 bits per heavy atom. The van der Waals surface area contributed by atoms with E-state index in [4.69, 9.17) is 10.7 Å². The number of piperazine rings is 1. The Hall–Kier alpha value is -1.13. The van der Waals surface area contributed by atoms with Crippen LogP contribution in [-0.2, 0) is 6.42 Å². The van der Waals surface area contributed by atoms with Crippen molar-refractivity contribution in [2.24, 2.45) is 5.73 Å². The van der Waals surface area contributed by atoms with Gasteiger partial charge in [0.25, 0.3) is 0 Å². The molecule has 1 aliphatic heterocycles. The Morgan fingerprint density at radius 2 is 1.95 bits per heavy atom. The molecular formula is C17H30N4. The molecule has 1 fully saturated rings. The van der Waals surface area contributed by atoms with E-state index >= 15 is 0 Å². The molecule has 4 nitrogen and oxygen atoms in total. The molecule has 118 valence electrons. The molecule has 0 aromatic carbocycles. The van der Waals surface area contributed by atoms with Crippen LogP contribution in [0, 0.1) is 6.92 Å². The van der Waals surface area contributed by atoms with Crippen LogP contribution in [0.25, 0.3) is 0 Å². The summed E-state index contributed by atoms with van der Waals surface area (Å²) < 4.78 is 0. The molecule has 0 radical (unpaired) electrons. The standard InChI is InChI=1S/C17H30N4/c1-4-6-20-7-9-21(10-8-20)17-14(3)11-15(13-19-17)12-16(18)5-2/h11,13,16H,4-10,12,18H2,1-3H3. The van der Waals surface area contributed by atoms with Crippen LogP contribution in [0.2, 0.25) is 0 Å². The van der Waals surface area contributed by atoms with Gasteiger partial charge in [0.2, 0.25) is 0 Å². The van der Waals surface area contributed by atoms with Crippen LogP contribution in [0.4, 0.5) is 5.82 Å². The molecule has 4 heteroatoms. The molecule has 0 bridgehead atoms. The van der Waals surface area contributed by atoms with Gasteiger partial charge >= 0.3 is 0 Å². The van der Waals surface area contributed by atoms with Crippen molar-refractivity contribution in [1.29, 1.82) is 0 Å². The highest BCUT2D eigenvalue weighted by Gasteiger charge is 2.18. The molecule has 0 spiro atoms. The van der Waals surface area contributed by atoms with E-state index in [0.717, 1.165) is 44.8 Å². The second-order valence-corrected chi connectivity index (χ2v) is 6.19. The molecule has 21 heavy (non-hydrogen) atoms. The zero-order valence-corrected chi connectivity index (χ0v) is 13.8. The fourth-order valence-electron chi connectivity index (χ4n) is 3.02. The molecule has 0 saturated carbocycles. The van der Waals surface area contributed by atoms with E-state index < -0.39 is 0 Å². The zero-order chi connectivity index (χ0) is 15.2. The van der Waals surface area contributed by atoms with Gasteiger partial charge in [-0.05, 0) is 43.9 Å². The van der Waals surface area contributed by atoms with Gasteiger partial charge in [-0.25, -0.2) is 4.98 Å². The lowest BCUT2D eigenvalue weighted by Crippen LogP contribution is -2.47. The molecule has 1 aliphatic rings. The van der Waals surface area contributed by atoms with Crippen molar-refractivity contribution in [1.82, 2.24) is 9.88 Å². The van der Waals surface area contributed by atoms with Crippen molar-refractivity contribution in [2.45, 2.75) is 46.1 Å². The maximum atomic E-state index is 6.04. The topological polar surface area (TPSA) is 45.4 Å². The predicted molar refractivity (Wildman–Crippen MR) is 89.9 cm³/mol. The normalized spacial score (nSPS) is 18.0. The van der Waals surface area contributed by atoms with Gasteiger partial charge in [-0.1, -0.05) is 19.9 Å². The summed E-state index contributed by atoms with van der Waals surface area (Å²) in [6.07, 6.45) is 5.19. The molecule has 1 aromatic rings. The van der Waals surface area contributed by atoms with Crippen molar-refractivity contribution < 1.29 is 0 Å². The Labute approximate surface area is 129 Å². The summed E-state index contributed by atoms with van der Waals surface area (Å²) in [6, 6.07) is 2.51. The smallest absolute Gasteiger partial charge is 0.131 e.